The van der Waals surface area contributed by atoms with Crippen LogP contribution in [0.15, 0.2) is 72.8 Å². The van der Waals surface area contributed by atoms with Gasteiger partial charge >= 0.3 is 5.97 Å². The van der Waals surface area contributed by atoms with Gasteiger partial charge in [0, 0.05) is 5.75 Å². The number of hydrogen-bond donors (Lipinski definition) is 2. The van der Waals surface area contributed by atoms with Crippen molar-refractivity contribution in [1.82, 2.24) is 0 Å². The van der Waals surface area contributed by atoms with Gasteiger partial charge in [-0.3, -0.25) is 4.79 Å². The monoisotopic (exact) mass is 401 g/mol. The van der Waals surface area contributed by atoms with Crippen molar-refractivity contribution in [3.05, 3.63) is 106 Å². The van der Waals surface area contributed by atoms with Gasteiger partial charge in [-0.25, -0.2) is 0 Å². The number of carboxylic acids is 1. The first-order valence-corrected chi connectivity index (χ1v) is 10.6. The zero-order valence-corrected chi connectivity index (χ0v) is 17.0. The van der Waals surface area contributed by atoms with Crippen LogP contribution in [0.4, 0.5) is 0 Å². The largest absolute Gasteiger partial charge is 0.480 e. The highest BCUT2D eigenvalue weighted by molar-refractivity contribution is 8.00. The second kappa shape index (κ2) is 7.90. The molecule has 1 aliphatic carbocycles. The van der Waals surface area contributed by atoms with Gasteiger partial charge in [0.05, 0.1) is 4.75 Å². The van der Waals surface area contributed by atoms with Crippen LogP contribution in [0.1, 0.15) is 33.4 Å². The molecule has 29 heavy (non-hydrogen) atoms. The Bertz CT molecular complexity index is 1020. The molecule has 0 amide bonds. The summed E-state index contributed by atoms with van der Waals surface area (Å²) in [6.45, 7) is 2.07. The molecule has 1 atom stereocenters. The van der Waals surface area contributed by atoms with Gasteiger partial charge in [0.15, 0.2) is 0 Å². The van der Waals surface area contributed by atoms with E-state index in [1.165, 1.54) is 5.56 Å². The molecule has 0 bridgehead atoms. The summed E-state index contributed by atoms with van der Waals surface area (Å²) in [4.78, 5) is 11.5. The first kappa shape index (κ1) is 19.5. The fourth-order valence-electron chi connectivity index (χ4n) is 3.87. The zero-order valence-electron chi connectivity index (χ0n) is 16.2. The van der Waals surface area contributed by atoms with Crippen molar-refractivity contribution in [2.75, 3.05) is 5.75 Å². The van der Waals surface area contributed by atoms with Crippen molar-refractivity contribution in [3.8, 4) is 0 Å². The van der Waals surface area contributed by atoms with E-state index in [0.717, 1.165) is 27.8 Å². The van der Waals surface area contributed by atoms with Crippen LogP contribution in [0.3, 0.4) is 0 Å². The maximum atomic E-state index is 11.5. The van der Waals surface area contributed by atoms with Crippen LogP contribution < -0.4 is 5.73 Å². The molecule has 3 nitrogen and oxygen atoms in total. The second-order valence-corrected chi connectivity index (χ2v) is 8.55. The lowest BCUT2D eigenvalue weighted by atomic mass is 9.81. The maximum absolute atomic E-state index is 11.5. The number of rotatable bonds is 5. The molecule has 4 heteroatoms. The van der Waals surface area contributed by atoms with Crippen molar-refractivity contribution in [3.63, 3.8) is 0 Å². The average Bonchev–Trinajstić information content (AvgIpc) is 2.88. The number of carboxylic acid groups (broad SMARTS) is 1. The van der Waals surface area contributed by atoms with Gasteiger partial charge in [-0.2, -0.15) is 0 Å². The third-order valence-electron chi connectivity index (χ3n) is 5.38. The Labute approximate surface area is 175 Å². The molecule has 3 aromatic rings. The highest BCUT2D eigenvalue weighted by Gasteiger charge is 2.41. The van der Waals surface area contributed by atoms with Crippen LogP contribution >= 0.6 is 11.8 Å². The fraction of sp³-hybridized carbons (Fsp3) is 0.160. The van der Waals surface area contributed by atoms with E-state index >= 15 is 0 Å². The molecule has 0 radical (unpaired) electrons. The molecule has 0 spiro atoms. The van der Waals surface area contributed by atoms with Gasteiger partial charge in [0.1, 0.15) is 6.04 Å². The van der Waals surface area contributed by atoms with Gasteiger partial charge in [-0.05, 0) is 34.7 Å². The molecule has 1 aliphatic rings. The SMILES string of the molecule is Cc1ccc(C2(SCC(N)C(=O)O)c3ccccc3C=Cc3ccccc32)cc1. The van der Waals surface area contributed by atoms with Crippen molar-refractivity contribution in [2.45, 2.75) is 17.7 Å². The Balaban J connectivity index is 2.01. The molecular formula is C25H23NO2S. The Kier molecular flexibility index (Phi) is 5.31. The van der Waals surface area contributed by atoms with E-state index in [9.17, 15) is 9.90 Å². The standard InChI is InChI=1S/C25H23NO2S/c1-17-10-14-20(15-11-17)25(29-16-23(26)24(27)28)21-8-4-2-6-18(21)12-13-19-7-3-5-9-22(19)25/h2-15,23H,16,26H2,1H3,(H,27,28). The normalized spacial score (nSPS) is 15.1. The lowest BCUT2D eigenvalue weighted by molar-refractivity contribution is -0.137. The second-order valence-electron chi connectivity index (χ2n) is 7.31. The first-order chi connectivity index (χ1) is 14.0. The van der Waals surface area contributed by atoms with Crippen LogP contribution in [-0.2, 0) is 9.54 Å². The molecule has 0 fully saturated rings. The molecule has 4 rings (SSSR count). The number of carbonyl (C=O) groups is 1. The summed E-state index contributed by atoms with van der Waals surface area (Å²) in [5.74, 6) is -0.684. The lowest BCUT2D eigenvalue weighted by Crippen LogP contribution is -2.36. The maximum Gasteiger partial charge on any atom is 0.321 e. The van der Waals surface area contributed by atoms with Gasteiger partial charge < -0.3 is 10.8 Å². The summed E-state index contributed by atoms with van der Waals surface area (Å²) in [7, 11) is 0. The van der Waals surface area contributed by atoms with E-state index in [2.05, 4.69) is 67.6 Å². The van der Waals surface area contributed by atoms with Crippen molar-refractivity contribution >= 4 is 29.9 Å². The van der Waals surface area contributed by atoms with Crippen LogP contribution in [0, 0.1) is 6.92 Å². The average molecular weight is 402 g/mol. The van der Waals surface area contributed by atoms with Crippen molar-refractivity contribution in [1.29, 1.82) is 0 Å². The molecule has 3 aromatic carbocycles. The van der Waals surface area contributed by atoms with Gasteiger partial charge in [-0.1, -0.05) is 90.5 Å². The smallest absolute Gasteiger partial charge is 0.321 e. The molecular weight excluding hydrogens is 378 g/mol. The summed E-state index contributed by atoms with van der Waals surface area (Å²) in [6.07, 6.45) is 4.28. The Morgan fingerprint density at radius 2 is 1.45 bits per heavy atom. The van der Waals surface area contributed by atoms with Gasteiger partial charge in [0.2, 0.25) is 0 Å². The molecule has 1 unspecified atom stereocenters. The number of benzene rings is 3. The van der Waals surface area contributed by atoms with Gasteiger partial charge in [0.25, 0.3) is 0 Å². The summed E-state index contributed by atoms with van der Waals surface area (Å²) < 4.78 is -0.558. The summed E-state index contributed by atoms with van der Waals surface area (Å²) >= 11 is 1.59. The van der Waals surface area contributed by atoms with Crippen LogP contribution in [0.25, 0.3) is 12.2 Å². The zero-order chi connectivity index (χ0) is 20.4. The number of thioether (sulfide) groups is 1. The van der Waals surface area contributed by atoms with E-state index in [0.29, 0.717) is 5.75 Å². The lowest BCUT2D eigenvalue weighted by Gasteiger charge is -2.37. The van der Waals surface area contributed by atoms with Gasteiger partial charge in [-0.15, -0.1) is 11.8 Å². The van der Waals surface area contributed by atoms with Crippen LogP contribution in [0.2, 0.25) is 0 Å². The molecule has 0 heterocycles. The first-order valence-electron chi connectivity index (χ1n) is 9.59. The third kappa shape index (κ3) is 3.50. The molecule has 0 aromatic heterocycles. The highest BCUT2D eigenvalue weighted by Crippen LogP contribution is 2.52. The number of aliphatic carboxylic acids is 1. The highest BCUT2D eigenvalue weighted by atomic mass is 32.2. The van der Waals surface area contributed by atoms with E-state index < -0.39 is 16.8 Å². The summed E-state index contributed by atoms with van der Waals surface area (Å²) in [5.41, 5.74) is 12.8. The summed E-state index contributed by atoms with van der Waals surface area (Å²) in [5, 5.41) is 9.40. The Hall–Kier alpha value is -2.82. The van der Waals surface area contributed by atoms with Crippen LogP contribution in [-0.4, -0.2) is 22.9 Å². The molecule has 146 valence electrons. The minimum Gasteiger partial charge on any atom is -0.480 e. The van der Waals surface area contributed by atoms with Crippen molar-refractivity contribution in [2.24, 2.45) is 5.73 Å². The number of aryl methyl sites for hydroxylation is 1. The molecule has 3 N–H and O–H groups in total. The van der Waals surface area contributed by atoms with E-state index in [4.69, 9.17) is 5.73 Å². The summed E-state index contributed by atoms with van der Waals surface area (Å²) in [6, 6.07) is 24.2. The van der Waals surface area contributed by atoms with E-state index in [-0.39, 0.29) is 0 Å². The number of hydrogen-bond acceptors (Lipinski definition) is 3. The Morgan fingerprint density at radius 3 is 1.97 bits per heavy atom. The molecule has 0 saturated carbocycles. The minimum atomic E-state index is -0.982. The van der Waals surface area contributed by atoms with E-state index in [1.54, 1.807) is 11.8 Å². The number of fused-ring (bicyclic) bond motifs is 2. The predicted molar refractivity (Wildman–Crippen MR) is 121 cm³/mol. The minimum absolute atomic E-state index is 0.297. The Morgan fingerprint density at radius 1 is 0.931 bits per heavy atom. The third-order valence-corrected chi connectivity index (χ3v) is 7.01. The fourth-order valence-corrected chi connectivity index (χ4v) is 5.43. The predicted octanol–water partition coefficient (Wildman–Crippen LogP) is 4.92. The topological polar surface area (TPSA) is 63.3 Å². The number of nitrogens with two attached hydrogens (primary N) is 1. The van der Waals surface area contributed by atoms with Crippen molar-refractivity contribution < 1.29 is 9.90 Å². The van der Waals surface area contributed by atoms with E-state index in [1.807, 2.05) is 24.3 Å². The quantitative estimate of drug-likeness (QED) is 0.637. The molecule has 0 saturated heterocycles. The molecule has 0 aliphatic heterocycles. The van der Waals surface area contributed by atoms with Crippen LogP contribution in [0.5, 0.6) is 0 Å².